The van der Waals surface area contributed by atoms with Gasteiger partial charge in [-0.1, -0.05) is 42.5 Å². The SMILES string of the molecule is COc1ccccc1C(=O)NCC(=O)O[C@@H](C)C(=O)Nc1ccc2ccccc2c1. The molecule has 30 heavy (non-hydrogen) atoms. The lowest BCUT2D eigenvalue weighted by atomic mass is 10.1. The van der Waals surface area contributed by atoms with Crippen LogP contribution < -0.4 is 15.4 Å². The van der Waals surface area contributed by atoms with Gasteiger partial charge < -0.3 is 20.1 Å². The summed E-state index contributed by atoms with van der Waals surface area (Å²) in [5, 5.41) is 7.23. The maximum Gasteiger partial charge on any atom is 0.326 e. The van der Waals surface area contributed by atoms with Gasteiger partial charge in [-0.15, -0.1) is 0 Å². The fourth-order valence-electron chi connectivity index (χ4n) is 2.88. The van der Waals surface area contributed by atoms with E-state index in [1.165, 1.54) is 14.0 Å². The molecule has 7 nitrogen and oxygen atoms in total. The maximum absolute atomic E-state index is 12.3. The van der Waals surface area contributed by atoms with E-state index in [1.54, 1.807) is 30.3 Å². The number of carbonyl (C=O) groups excluding carboxylic acids is 3. The number of esters is 1. The van der Waals surface area contributed by atoms with Crippen LogP contribution in [0.15, 0.2) is 66.7 Å². The number of hydrogen-bond acceptors (Lipinski definition) is 5. The van der Waals surface area contributed by atoms with Crippen LogP contribution in [-0.2, 0) is 14.3 Å². The number of carbonyl (C=O) groups is 3. The summed E-state index contributed by atoms with van der Waals surface area (Å²) in [7, 11) is 1.45. The van der Waals surface area contributed by atoms with Crippen LogP contribution in [0.25, 0.3) is 10.8 Å². The minimum Gasteiger partial charge on any atom is -0.496 e. The van der Waals surface area contributed by atoms with Gasteiger partial charge in [-0.05, 0) is 42.0 Å². The number of fused-ring (bicyclic) bond motifs is 1. The summed E-state index contributed by atoms with van der Waals surface area (Å²) >= 11 is 0. The summed E-state index contributed by atoms with van der Waals surface area (Å²) in [6, 6.07) is 19.9. The van der Waals surface area contributed by atoms with E-state index in [4.69, 9.17) is 9.47 Å². The minimum absolute atomic E-state index is 0.301. The van der Waals surface area contributed by atoms with Crippen molar-refractivity contribution in [1.82, 2.24) is 5.32 Å². The van der Waals surface area contributed by atoms with Crippen molar-refractivity contribution in [2.24, 2.45) is 0 Å². The Morgan fingerprint density at radius 3 is 2.40 bits per heavy atom. The van der Waals surface area contributed by atoms with Gasteiger partial charge in [-0.3, -0.25) is 14.4 Å². The molecule has 0 heterocycles. The predicted molar refractivity (Wildman–Crippen MR) is 113 cm³/mol. The van der Waals surface area contributed by atoms with E-state index in [-0.39, 0.29) is 6.54 Å². The zero-order valence-corrected chi connectivity index (χ0v) is 16.7. The summed E-state index contributed by atoms with van der Waals surface area (Å²) in [4.78, 5) is 36.6. The van der Waals surface area contributed by atoms with Gasteiger partial charge in [0.25, 0.3) is 11.8 Å². The standard InChI is InChI=1S/C23H22N2O5/c1-15(22(27)25-18-12-11-16-7-3-4-8-17(16)13-18)30-21(26)14-24-23(28)19-9-5-6-10-20(19)29-2/h3-13,15H,14H2,1-2H3,(H,24,28)(H,25,27)/t15-/m0/s1. The highest BCUT2D eigenvalue weighted by atomic mass is 16.5. The molecule has 2 amide bonds. The van der Waals surface area contributed by atoms with Gasteiger partial charge in [0.15, 0.2) is 6.10 Å². The lowest BCUT2D eigenvalue weighted by molar-refractivity contribution is -0.152. The highest BCUT2D eigenvalue weighted by Gasteiger charge is 2.19. The molecule has 0 spiro atoms. The molecule has 0 radical (unpaired) electrons. The molecule has 0 unspecified atom stereocenters. The maximum atomic E-state index is 12.3. The molecule has 0 aliphatic carbocycles. The highest BCUT2D eigenvalue weighted by Crippen LogP contribution is 2.19. The zero-order valence-electron chi connectivity index (χ0n) is 16.7. The molecule has 7 heteroatoms. The van der Waals surface area contributed by atoms with Gasteiger partial charge in [-0.25, -0.2) is 0 Å². The fourth-order valence-corrected chi connectivity index (χ4v) is 2.88. The first kappa shape index (κ1) is 20.9. The van der Waals surface area contributed by atoms with Gasteiger partial charge in [0.05, 0.1) is 12.7 Å². The third-order valence-electron chi connectivity index (χ3n) is 4.44. The predicted octanol–water partition coefficient (Wildman–Crippen LogP) is 3.15. The van der Waals surface area contributed by atoms with Crippen LogP contribution >= 0.6 is 0 Å². The summed E-state index contributed by atoms with van der Waals surface area (Å²) in [6.07, 6.45) is -1.02. The third-order valence-corrected chi connectivity index (χ3v) is 4.44. The number of amides is 2. The summed E-state index contributed by atoms with van der Waals surface area (Å²) in [5.41, 5.74) is 0.904. The van der Waals surface area contributed by atoms with Crippen LogP contribution in [0.5, 0.6) is 5.75 Å². The number of hydrogen-bond donors (Lipinski definition) is 2. The summed E-state index contributed by atoms with van der Waals surface area (Å²) in [6.45, 7) is 1.10. The van der Waals surface area contributed by atoms with Crippen molar-refractivity contribution in [3.8, 4) is 5.75 Å². The Morgan fingerprint density at radius 1 is 0.933 bits per heavy atom. The number of rotatable bonds is 7. The normalized spacial score (nSPS) is 11.4. The van der Waals surface area contributed by atoms with Crippen molar-refractivity contribution in [2.45, 2.75) is 13.0 Å². The molecular weight excluding hydrogens is 384 g/mol. The van der Waals surface area contributed by atoms with E-state index in [2.05, 4.69) is 10.6 Å². The lowest BCUT2D eigenvalue weighted by Crippen LogP contribution is -2.35. The molecule has 0 aromatic heterocycles. The minimum atomic E-state index is -1.02. The molecule has 3 rings (SSSR count). The van der Waals surface area contributed by atoms with Crippen LogP contribution in [0, 0.1) is 0 Å². The lowest BCUT2D eigenvalue weighted by Gasteiger charge is -2.14. The number of benzene rings is 3. The topological polar surface area (TPSA) is 93.7 Å². The average Bonchev–Trinajstić information content (AvgIpc) is 2.77. The van der Waals surface area contributed by atoms with Crippen LogP contribution in [0.3, 0.4) is 0 Å². The van der Waals surface area contributed by atoms with Crippen LogP contribution in [-0.4, -0.2) is 37.5 Å². The Hall–Kier alpha value is -3.87. The van der Waals surface area contributed by atoms with Crippen LogP contribution in [0.1, 0.15) is 17.3 Å². The van der Waals surface area contributed by atoms with Gasteiger partial charge >= 0.3 is 5.97 Å². The van der Waals surface area contributed by atoms with Crippen molar-refractivity contribution in [1.29, 1.82) is 0 Å². The van der Waals surface area contributed by atoms with E-state index in [0.29, 0.717) is 17.0 Å². The molecule has 0 bridgehead atoms. The Balaban J connectivity index is 1.51. The van der Waals surface area contributed by atoms with Crippen LogP contribution in [0.2, 0.25) is 0 Å². The molecule has 0 fully saturated rings. The molecular formula is C23H22N2O5. The molecule has 1 atom stereocenters. The van der Waals surface area contributed by atoms with Gasteiger partial charge in [0.1, 0.15) is 12.3 Å². The fraction of sp³-hybridized carbons (Fsp3) is 0.174. The number of ether oxygens (including phenoxy) is 2. The second-order valence-electron chi connectivity index (χ2n) is 6.57. The van der Waals surface area contributed by atoms with Gasteiger partial charge in [0.2, 0.25) is 0 Å². The first-order valence-corrected chi connectivity index (χ1v) is 9.38. The second-order valence-corrected chi connectivity index (χ2v) is 6.57. The molecule has 0 aliphatic heterocycles. The Labute approximate surface area is 174 Å². The Morgan fingerprint density at radius 2 is 1.63 bits per heavy atom. The molecule has 0 aliphatic rings. The smallest absolute Gasteiger partial charge is 0.326 e. The molecule has 0 saturated carbocycles. The zero-order chi connectivity index (χ0) is 21.5. The van der Waals surface area contributed by atoms with Crippen molar-refractivity contribution < 1.29 is 23.9 Å². The number of nitrogens with one attached hydrogen (secondary N) is 2. The van der Waals surface area contributed by atoms with Crippen molar-refractivity contribution in [2.75, 3.05) is 19.0 Å². The molecule has 154 valence electrons. The number of anilines is 1. The first-order chi connectivity index (χ1) is 14.5. The summed E-state index contributed by atoms with van der Waals surface area (Å²) in [5.74, 6) is -1.27. The van der Waals surface area contributed by atoms with E-state index in [9.17, 15) is 14.4 Å². The van der Waals surface area contributed by atoms with Gasteiger partial charge in [-0.2, -0.15) is 0 Å². The van der Waals surface area contributed by atoms with Gasteiger partial charge in [0, 0.05) is 5.69 Å². The van der Waals surface area contributed by atoms with Crippen molar-refractivity contribution in [3.63, 3.8) is 0 Å². The van der Waals surface area contributed by atoms with E-state index >= 15 is 0 Å². The Kier molecular flexibility index (Phi) is 6.64. The third kappa shape index (κ3) is 5.14. The first-order valence-electron chi connectivity index (χ1n) is 9.38. The van der Waals surface area contributed by atoms with Crippen molar-refractivity contribution >= 4 is 34.2 Å². The molecule has 3 aromatic carbocycles. The highest BCUT2D eigenvalue weighted by molar-refractivity contribution is 5.99. The Bertz CT molecular complexity index is 1080. The monoisotopic (exact) mass is 406 g/mol. The molecule has 0 saturated heterocycles. The van der Waals surface area contributed by atoms with E-state index in [0.717, 1.165) is 10.8 Å². The molecule has 2 N–H and O–H groups in total. The van der Waals surface area contributed by atoms with Crippen molar-refractivity contribution in [3.05, 3.63) is 72.3 Å². The summed E-state index contributed by atoms with van der Waals surface area (Å²) < 4.78 is 10.2. The van der Waals surface area contributed by atoms with E-state index < -0.39 is 23.9 Å². The number of methoxy groups -OCH3 is 1. The number of para-hydroxylation sites is 1. The largest absolute Gasteiger partial charge is 0.496 e. The average molecular weight is 406 g/mol. The quantitative estimate of drug-likeness (QED) is 0.588. The molecule has 3 aromatic rings. The second kappa shape index (κ2) is 9.56. The van der Waals surface area contributed by atoms with E-state index in [1.807, 2.05) is 36.4 Å². The van der Waals surface area contributed by atoms with Crippen LogP contribution in [0.4, 0.5) is 5.69 Å².